The second kappa shape index (κ2) is 5.66. The maximum atomic E-state index is 4.56. The Morgan fingerprint density at radius 3 is 2.80 bits per heavy atom. The van der Waals surface area contributed by atoms with Crippen LogP contribution in [-0.2, 0) is 0 Å². The number of hydrogen-bond acceptors (Lipinski definition) is 2. The second-order valence-electron chi connectivity index (χ2n) is 5.88. The van der Waals surface area contributed by atoms with Crippen LogP contribution in [-0.4, -0.2) is 11.0 Å². The first-order valence-corrected chi connectivity index (χ1v) is 7.54. The first kappa shape index (κ1) is 13.2. The number of benzene rings is 1. The highest BCUT2D eigenvalue weighted by Crippen LogP contribution is 2.22. The lowest BCUT2D eigenvalue weighted by Gasteiger charge is -2.25. The van der Waals surface area contributed by atoms with Crippen LogP contribution in [0.1, 0.15) is 43.2 Å². The Morgan fingerprint density at radius 1 is 1.20 bits per heavy atom. The number of hydrogen-bond donors (Lipinski definition) is 1. The minimum Gasteiger partial charge on any atom is -0.382 e. The van der Waals surface area contributed by atoms with Gasteiger partial charge >= 0.3 is 0 Å². The number of nitrogens with zero attached hydrogens (tertiary/aromatic N) is 1. The molecule has 0 bridgehead atoms. The predicted octanol–water partition coefficient (Wildman–Crippen LogP) is 4.44. The summed E-state index contributed by atoms with van der Waals surface area (Å²) >= 11 is 0. The minimum atomic E-state index is 0.588. The molecule has 1 N–H and O–H groups in total. The summed E-state index contributed by atoms with van der Waals surface area (Å²) in [7, 11) is 0. The summed E-state index contributed by atoms with van der Waals surface area (Å²) in [6.07, 6.45) is 8.50. The van der Waals surface area contributed by atoms with Crippen LogP contribution in [0.4, 0.5) is 0 Å². The van der Waals surface area contributed by atoms with Crippen LogP contribution < -0.4 is 5.32 Å². The van der Waals surface area contributed by atoms with Crippen molar-refractivity contribution < 1.29 is 0 Å². The zero-order valence-electron chi connectivity index (χ0n) is 12.2. The van der Waals surface area contributed by atoms with Gasteiger partial charge in [0, 0.05) is 28.9 Å². The molecule has 1 fully saturated rings. The third-order valence-electron chi connectivity index (χ3n) is 4.17. The lowest BCUT2D eigenvalue weighted by molar-refractivity contribution is 0.409. The van der Waals surface area contributed by atoms with Crippen LogP contribution in [0.5, 0.6) is 0 Å². The molecule has 1 saturated carbocycles. The molecule has 2 nitrogen and oxygen atoms in total. The Kier molecular flexibility index (Phi) is 3.72. The van der Waals surface area contributed by atoms with Crippen LogP contribution in [0.3, 0.4) is 0 Å². The fourth-order valence-electron chi connectivity index (χ4n) is 2.97. The maximum absolute atomic E-state index is 4.56. The van der Waals surface area contributed by atoms with Gasteiger partial charge in [0.05, 0.1) is 5.52 Å². The Morgan fingerprint density at radius 2 is 2.00 bits per heavy atom. The van der Waals surface area contributed by atoms with Crippen LogP contribution in [0.2, 0.25) is 0 Å². The van der Waals surface area contributed by atoms with Gasteiger partial charge in [-0.3, -0.25) is 4.98 Å². The summed E-state index contributed by atoms with van der Waals surface area (Å²) in [6.45, 7) is 6.29. The number of nitrogens with one attached hydrogen (secondary N) is 1. The Labute approximate surface area is 120 Å². The van der Waals surface area contributed by atoms with E-state index >= 15 is 0 Å². The van der Waals surface area contributed by atoms with E-state index in [9.17, 15) is 0 Å². The molecule has 2 heteroatoms. The summed E-state index contributed by atoms with van der Waals surface area (Å²) in [5.74, 6) is 0. The van der Waals surface area contributed by atoms with E-state index in [1.807, 2.05) is 6.20 Å². The van der Waals surface area contributed by atoms with E-state index in [-0.39, 0.29) is 0 Å². The normalized spacial score (nSPS) is 16.2. The molecule has 1 aliphatic rings. The summed E-state index contributed by atoms with van der Waals surface area (Å²) in [6, 6.07) is 9.15. The molecule has 0 amide bonds. The largest absolute Gasteiger partial charge is 0.382 e. The highest BCUT2D eigenvalue weighted by atomic mass is 14.9. The summed E-state index contributed by atoms with van der Waals surface area (Å²) < 4.78 is 0. The maximum Gasteiger partial charge on any atom is 0.0705 e. The van der Waals surface area contributed by atoms with Crippen molar-refractivity contribution >= 4 is 16.6 Å². The standard InChI is InChI=1S/C18H22N2/c1-13-8-9-15-11-16(12-19-18(15)10-13)14(2)20-17-6-4-3-5-7-17/h8-12,17,20H,2-7H2,1H3. The summed E-state index contributed by atoms with van der Waals surface area (Å²) in [5.41, 5.74) is 4.41. The monoisotopic (exact) mass is 266 g/mol. The van der Waals surface area contributed by atoms with Crippen LogP contribution in [0, 0.1) is 6.92 Å². The summed E-state index contributed by atoms with van der Waals surface area (Å²) in [4.78, 5) is 4.56. The molecule has 1 aliphatic carbocycles. The average Bonchev–Trinajstić information content (AvgIpc) is 2.47. The van der Waals surface area contributed by atoms with Gasteiger partial charge in [0.25, 0.3) is 0 Å². The smallest absolute Gasteiger partial charge is 0.0705 e. The molecule has 0 spiro atoms. The first-order chi connectivity index (χ1) is 9.72. The lowest BCUT2D eigenvalue weighted by atomic mass is 9.95. The Bertz CT molecular complexity index is 624. The molecule has 2 aromatic rings. The van der Waals surface area contributed by atoms with Crippen LogP contribution in [0.25, 0.3) is 16.6 Å². The molecule has 0 radical (unpaired) electrons. The van der Waals surface area contributed by atoms with Crippen molar-refractivity contribution in [2.75, 3.05) is 0 Å². The van der Waals surface area contributed by atoms with Crippen molar-refractivity contribution in [3.05, 3.63) is 48.2 Å². The Balaban J connectivity index is 1.78. The number of pyridine rings is 1. The van der Waals surface area contributed by atoms with Crippen molar-refractivity contribution in [1.82, 2.24) is 10.3 Å². The molecule has 3 rings (SSSR count). The number of aryl methyl sites for hydroxylation is 1. The molecular weight excluding hydrogens is 244 g/mol. The van der Waals surface area contributed by atoms with E-state index in [1.54, 1.807) is 0 Å². The molecule has 104 valence electrons. The minimum absolute atomic E-state index is 0.588. The lowest BCUT2D eigenvalue weighted by Crippen LogP contribution is -2.29. The molecule has 0 saturated heterocycles. The van der Waals surface area contributed by atoms with Gasteiger partial charge in [0.15, 0.2) is 0 Å². The second-order valence-corrected chi connectivity index (χ2v) is 5.88. The summed E-state index contributed by atoms with van der Waals surface area (Å²) in [5, 5.41) is 4.76. The molecule has 0 unspecified atom stereocenters. The van der Waals surface area contributed by atoms with E-state index in [1.165, 1.54) is 43.1 Å². The van der Waals surface area contributed by atoms with Crippen molar-refractivity contribution in [3.63, 3.8) is 0 Å². The van der Waals surface area contributed by atoms with E-state index in [0.29, 0.717) is 6.04 Å². The van der Waals surface area contributed by atoms with Gasteiger partial charge < -0.3 is 5.32 Å². The van der Waals surface area contributed by atoms with Gasteiger partial charge in [-0.1, -0.05) is 38.0 Å². The van der Waals surface area contributed by atoms with Crippen molar-refractivity contribution in [2.24, 2.45) is 0 Å². The SMILES string of the molecule is C=C(NC1CCCCC1)c1cnc2cc(C)ccc2c1. The van der Waals surface area contributed by atoms with Crippen molar-refractivity contribution in [3.8, 4) is 0 Å². The van der Waals surface area contributed by atoms with E-state index < -0.39 is 0 Å². The van der Waals surface area contributed by atoms with Crippen LogP contribution in [0.15, 0.2) is 37.0 Å². The molecule has 1 heterocycles. The fraction of sp³-hybridized carbons (Fsp3) is 0.389. The number of rotatable bonds is 3. The molecular formula is C18H22N2. The van der Waals surface area contributed by atoms with Crippen LogP contribution >= 0.6 is 0 Å². The zero-order valence-corrected chi connectivity index (χ0v) is 12.2. The zero-order chi connectivity index (χ0) is 13.9. The molecule has 20 heavy (non-hydrogen) atoms. The molecule has 0 aliphatic heterocycles. The quantitative estimate of drug-likeness (QED) is 0.888. The van der Waals surface area contributed by atoms with Gasteiger partial charge in [-0.05, 0) is 37.5 Å². The molecule has 1 aromatic carbocycles. The van der Waals surface area contributed by atoms with Gasteiger partial charge in [0.1, 0.15) is 0 Å². The highest BCUT2D eigenvalue weighted by molar-refractivity contribution is 5.82. The average molecular weight is 266 g/mol. The van der Waals surface area contributed by atoms with Crippen molar-refractivity contribution in [2.45, 2.75) is 45.1 Å². The van der Waals surface area contributed by atoms with Gasteiger partial charge in [-0.15, -0.1) is 0 Å². The third-order valence-corrected chi connectivity index (χ3v) is 4.17. The number of aromatic nitrogens is 1. The topological polar surface area (TPSA) is 24.9 Å². The third kappa shape index (κ3) is 2.84. The predicted molar refractivity (Wildman–Crippen MR) is 85.5 cm³/mol. The number of fused-ring (bicyclic) bond motifs is 1. The fourth-order valence-corrected chi connectivity index (χ4v) is 2.97. The molecule has 0 atom stereocenters. The van der Waals surface area contributed by atoms with Gasteiger partial charge in [-0.2, -0.15) is 0 Å². The van der Waals surface area contributed by atoms with E-state index in [4.69, 9.17) is 0 Å². The van der Waals surface area contributed by atoms with E-state index in [2.05, 4.69) is 48.1 Å². The van der Waals surface area contributed by atoms with Crippen molar-refractivity contribution in [1.29, 1.82) is 0 Å². The van der Waals surface area contributed by atoms with E-state index in [0.717, 1.165) is 16.8 Å². The van der Waals surface area contributed by atoms with Gasteiger partial charge in [-0.25, -0.2) is 0 Å². The van der Waals surface area contributed by atoms with Gasteiger partial charge in [0.2, 0.25) is 0 Å². The molecule has 1 aromatic heterocycles. The highest BCUT2D eigenvalue weighted by Gasteiger charge is 2.14. The first-order valence-electron chi connectivity index (χ1n) is 7.54. The Hall–Kier alpha value is -1.83.